The quantitative estimate of drug-likeness (QED) is 0.530. The van der Waals surface area contributed by atoms with E-state index in [-0.39, 0.29) is 0 Å². The molecule has 3 rings (SSSR count). The first-order chi connectivity index (χ1) is 12.2. The number of hydrogen-bond acceptors (Lipinski definition) is 3. The van der Waals surface area contributed by atoms with Crippen LogP contribution >= 0.6 is 0 Å². The molecule has 3 nitrogen and oxygen atoms in total. The first-order valence-corrected chi connectivity index (χ1v) is 8.36. The topological polar surface area (TPSA) is 27.7 Å². The van der Waals surface area contributed by atoms with Gasteiger partial charge in [0.2, 0.25) is 0 Å². The van der Waals surface area contributed by atoms with Gasteiger partial charge in [0.15, 0.2) is 0 Å². The van der Waals surface area contributed by atoms with E-state index < -0.39 is 0 Å². The number of rotatable bonds is 7. The van der Waals surface area contributed by atoms with Gasteiger partial charge in [0.1, 0.15) is 36.2 Å². The Morgan fingerprint density at radius 1 is 0.560 bits per heavy atom. The minimum atomic E-state index is 0.474. The zero-order valence-electron chi connectivity index (χ0n) is 14.6. The SMILES string of the molecule is Cc1ccc(OCCOc2cccc(Oc3ccc(C)cc3)c2)cc1. The third-order valence-electron chi connectivity index (χ3n) is 3.70. The molecule has 0 aliphatic heterocycles. The normalized spacial score (nSPS) is 10.3. The summed E-state index contributed by atoms with van der Waals surface area (Å²) >= 11 is 0. The molecule has 0 saturated heterocycles. The molecule has 0 aliphatic rings. The molecule has 0 bridgehead atoms. The van der Waals surface area contributed by atoms with Gasteiger partial charge in [-0.25, -0.2) is 0 Å². The first kappa shape index (κ1) is 16.9. The van der Waals surface area contributed by atoms with E-state index in [1.54, 1.807) is 0 Å². The molecule has 0 aliphatic carbocycles. The summed E-state index contributed by atoms with van der Waals surface area (Å²) in [6, 6.07) is 23.6. The molecular formula is C22H22O3. The summed E-state index contributed by atoms with van der Waals surface area (Å²) in [5.41, 5.74) is 2.42. The predicted molar refractivity (Wildman–Crippen MR) is 99.9 cm³/mol. The highest BCUT2D eigenvalue weighted by molar-refractivity contribution is 5.37. The summed E-state index contributed by atoms with van der Waals surface area (Å²) in [4.78, 5) is 0. The number of benzene rings is 3. The highest BCUT2D eigenvalue weighted by atomic mass is 16.5. The van der Waals surface area contributed by atoms with Crippen LogP contribution in [0, 0.1) is 13.8 Å². The summed E-state index contributed by atoms with van der Waals surface area (Å²) in [5, 5.41) is 0. The molecule has 0 N–H and O–H groups in total. The molecule has 0 atom stereocenters. The molecule has 0 radical (unpaired) electrons. The molecule has 0 amide bonds. The molecule has 3 aromatic carbocycles. The van der Waals surface area contributed by atoms with E-state index in [1.165, 1.54) is 11.1 Å². The Morgan fingerprint density at radius 2 is 1.08 bits per heavy atom. The van der Waals surface area contributed by atoms with Gasteiger partial charge in [-0.05, 0) is 50.2 Å². The van der Waals surface area contributed by atoms with Crippen molar-refractivity contribution in [2.75, 3.05) is 13.2 Å². The lowest BCUT2D eigenvalue weighted by Gasteiger charge is -2.10. The molecule has 0 saturated carbocycles. The van der Waals surface area contributed by atoms with Crippen molar-refractivity contribution in [2.45, 2.75) is 13.8 Å². The maximum absolute atomic E-state index is 5.85. The largest absolute Gasteiger partial charge is 0.490 e. The van der Waals surface area contributed by atoms with Crippen LogP contribution in [0.5, 0.6) is 23.0 Å². The van der Waals surface area contributed by atoms with E-state index in [9.17, 15) is 0 Å². The fraction of sp³-hybridized carbons (Fsp3) is 0.182. The third-order valence-corrected chi connectivity index (χ3v) is 3.70. The van der Waals surface area contributed by atoms with Crippen molar-refractivity contribution in [2.24, 2.45) is 0 Å². The second-order valence-corrected chi connectivity index (χ2v) is 5.90. The average Bonchev–Trinajstić information content (AvgIpc) is 2.63. The predicted octanol–water partition coefficient (Wildman–Crippen LogP) is 5.55. The van der Waals surface area contributed by atoms with E-state index in [0.29, 0.717) is 13.2 Å². The van der Waals surface area contributed by atoms with E-state index >= 15 is 0 Å². The number of aryl methyl sites for hydroxylation is 2. The molecule has 0 spiro atoms. The molecule has 3 heteroatoms. The summed E-state index contributed by atoms with van der Waals surface area (Å²) in [5.74, 6) is 3.18. The Kier molecular flexibility index (Phi) is 5.57. The van der Waals surface area contributed by atoms with E-state index in [1.807, 2.05) is 72.8 Å². The van der Waals surface area contributed by atoms with Crippen LogP contribution in [-0.4, -0.2) is 13.2 Å². The third kappa shape index (κ3) is 5.28. The lowest BCUT2D eigenvalue weighted by molar-refractivity contribution is 0.216. The van der Waals surface area contributed by atoms with Crippen LogP contribution < -0.4 is 14.2 Å². The fourth-order valence-corrected chi connectivity index (χ4v) is 2.32. The van der Waals surface area contributed by atoms with Crippen molar-refractivity contribution in [3.8, 4) is 23.0 Å². The van der Waals surface area contributed by atoms with Gasteiger partial charge in [-0.3, -0.25) is 0 Å². The van der Waals surface area contributed by atoms with E-state index in [4.69, 9.17) is 14.2 Å². The monoisotopic (exact) mass is 334 g/mol. The summed E-state index contributed by atoms with van der Waals surface area (Å²) in [6.07, 6.45) is 0. The second-order valence-electron chi connectivity index (χ2n) is 5.90. The van der Waals surface area contributed by atoms with Crippen molar-refractivity contribution in [3.05, 3.63) is 83.9 Å². The Labute approximate surface area is 148 Å². The van der Waals surface area contributed by atoms with Crippen molar-refractivity contribution in [3.63, 3.8) is 0 Å². The van der Waals surface area contributed by atoms with Gasteiger partial charge >= 0.3 is 0 Å². The highest BCUT2D eigenvalue weighted by Crippen LogP contribution is 2.25. The number of ether oxygens (including phenoxy) is 3. The zero-order valence-corrected chi connectivity index (χ0v) is 14.6. The number of hydrogen-bond donors (Lipinski definition) is 0. The molecular weight excluding hydrogens is 312 g/mol. The second kappa shape index (κ2) is 8.25. The van der Waals surface area contributed by atoms with Crippen molar-refractivity contribution >= 4 is 0 Å². The Bertz CT molecular complexity index is 792. The van der Waals surface area contributed by atoms with Crippen molar-refractivity contribution < 1.29 is 14.2 Å². The Balaban J connectivity index is 1.49. The molecule has 0 heterocycles. The van der Waals surface area contributed by atoms with Gasteiger partial charge in [-0.15, -0.1) is 0 Å². The van der Waals surface area contributed by atoms with Crippen LogP contribution in [0.3, 0.4) is 0 Å². The van der Waals surface area contributed by atoms with Crippen LogP contribution in [0.2, 0.25) is 0 Å². The van der Waals surface area contributed by atoms with Gasteiger partial charge in [0, 0.05) is 6.07 Å². The summed E-state index contributed by atoms with van der Waals surface area (Å²) in [7, 11) is 0. The van der Waals surface area contributed by atoms with Crippen LogP contribution in [0.1, 0.15) is 11.1 Å². The van der Waals surface area contributed by atoms with Crippen LogP contribution in [0.25, 0.3) is 0 Å². The average molecular weight is 334 g/mol. The van der Waals surface area contributed by atoms with Gasteiger partial charge in [-0.1, -0.05) is 41.5 Å². The Morgan fingerprint density at radius 3 is 1.72 bits per heavy atom. The molecule has 0 unspecified atom stereocenters. The first-order valence-electron chi connectivity index (χ1n) is 8.36. The van der Waals surface area contributed by atoms with Crippen LogP contribution in [0.4, 0.5) is 0 Å². The van der Waals surface area contributed by atoms with Crippen LogP contribution in [0.15, 0.2) is 72.8 Å². The van der Waals surface area contributed by atoms with Gasteiger partial charge in [0.25, 0.3) is 0 Å². The lowest BCUT2D eigenvalue weighted by Crippen LogP contribution is -2.08. The highest BCUT2D eigenvalue weighted by Gasteiger charge is 2.01. The van der Waals surface area contributed by atoms with E-state index in [2.05, 4.69) is 13.8 Å². The fourth-order valence-electron chi connectivity index (χ4n) is 2.32. The molecule has 3 aromatic rings. The van der Waals surface area contributed by atoms with Gasteiger partial charge in [-0.2, -0.15) is 0 Å². The molecule has 128 valence electrons. The smallest absolute Gasteiger partial charge is 0.131 e. The maximum atomic E-state index is 5.85. The molecule has 0 fully saturated rings. The minimum absolute atomic E-state index is 0.474. The van der Waals surface area contributed by atoms with Gasteiger partial charge in [0.05, 0.1) is 0 Å². The minimum Gasteiger partial charge on any atom is -0.490 e. The van der Waals surface area contributed by atoms with Crippen LogP contribution in [-0.2, 0) is 0 Å². The lowest BCUT2D eigenvalue weighted by atomic mass is 10.2. The molecule has 0 aromatic heterocycles. The Hall–Kier alpha value is -2.94. The van der Waals surface area contributed by atoms with Crippen molar-refractivity contribution in [1.29, 1.82) is 0 Å². The maximum Gasteiger partial charge on any atom is 0.131 e. The van der Waals surface area contributed by atoms with Gasteiger partial charge < -0.3 is 14.2 Å². The standard InChI is InChI=1S/C22H22O3/c1-17-6-10-19(11-7-17)23-14-15-24-21-4-3-5-22(16-21)25-20-12-8-18(2)9-13-20/h3-13,16H,14-15H2,1-2H3. The summed E-state index contributed by atoms with van der Waals surface area (Å²) in [6.45, 7) is 5.07. The zero-order chi connectivity index (χ0) is 17.5. The summed E-state index contributed by atoms with van der Waals surface area (Å²) < 4.78 is 17.3. The molecule has 25 heavy (non-hydrogen) atoms. The van der Waals surface area contributed by atoms with Crippen molar-refractivity contribution in [1.82, 2.24) is 0 Å². The van der Waals surface area contributed by atoms with E-state index in [0.717, 1.165) is 23.0 Å².